The van der Waals surface area contributed by atoms with Gasteiger partial charge in [-0.1, -0.05) is 367 Å². The number of amides is 1. The number of carbonyl (C=O) groups is 1. The molecule has 7 atom stereocenters. The number of ether oxygens (including phenoxy) is 2. The van der Waals surface area contributed by atoms with E-state index in [0.29, 0.717) is 12.8 Å². The van der Waals surface area contributed by atoms with Gasteiger partial charge in [0, 0.05) is 6.42 Å². The number of unbranched alkanes of at least 4 members (excludes halogenated alkanes) is 54. The van der Waals surface area contributed by atoms with Crippen molar-refractivity contribution < 1.29 is 51.8 Å². The Labute approximate surface area is 513 Å². The summed E-state index contributed by atoms with van der Waals surface area (Å²) < 4.78 is 48.1. The van der Waals surface area contributed by atoms with Crippen molar-refractivity contribution in [3.8, 4) is 0 Å². The van der Waals surface area contributed by atoms with Crippen molar-refractivity contribution in [2.24, 2.45) is 0 Å². The van der Waals surface area contributed by atoms with Gasteiger partial charge in [-0.3, -0.25) is 9.35 Å². The summed E-state index contributed by atoms with van der Waals surface area (Å²) in [6, 6.07) is -0.855. The minimum absolute atomic E-state index is 0.219. The van der Waals surface area contributed by atoms with Crippen LogP contribution in [0.25, 0.3) is 0 Å². The maximum absolute atomic E-state index is 13.2. The van der Waals surface area contributed by atoms with Crippen LogP contribution in [0.1, 0.15) is 386 Å². The Hall–Kier alpha value is -0.900. The van der Waals surface area contributed by atoms with Gasteiger partial charge in [0.15, 0.2) is 6.29 Å². The van der Waals surface area contributed by atoms with Crippen LogP contribution in [-0.4, -0.2) is 95.4 Å². The minimum atomic E-state index is -5.08. The lowest BCUT2D eigenvalue weighted by Crippen LogP contribution is -2.61. The molecule has 1 rings (SSSR count). The van der Waals surface area contributed by atoms with E-state index in [-0.39, 0.29) is 12.5 Å². The molecule has 1 aliphatic heterocycles. The van der Waals surface area contributed by atoms with Gasteiger partial charge >= 0.3 is 10.4 Å². The number of rotatable bonds is 66. The van der Waals surface area contributed by atoms with Crippen LogP contribution in [0.15, 0.2) is 0 Å². The first-order valence-corrected chi connectivity index (χ1v) is 37.8. The van der Waals surface area contributed by atoms with Crippen molar-refractivity contribution in [1.82, 2.24) is 5.32 Å². The van der Waals surface area contributed by atoms with E-state index in [4.69, 9.17) is 9.47 Å². The van der Waals surface area contributed by atoms with Crippen LogP contribution in [0.2, 0.25) is 0 Å². The fraction of sp³-hybridized carbons (Fsp3) is 0.986. The quantitative estimate of drug-likeness (QED) is 0.0251. The predicted octanol–water partition coefficient (Wildman–Crippen LogP) is 19.1. The topological polar surface area (TPSA) is 192 Å². The lowest BCUT2D eigenvalue weighted by Gasteiger charge is -2.41. The largest absolute Gasteiger partial charge is 0.397 e. The third kappa shape index (κ3) is 51.7. The van der Waals surface area contributed by atoms with Gasteiger partial charge in [-0.05, 0) is 12.8 Å². The second-order valence-electron chi connectivity index (χ2n) is 25.9. The standard InChI is InChI=1S/C70H139NO11S/c1-3-5-7-9-11-13-15-17-19-21-23-24-25-26-27-28-29-30-31-32-33-34-35-36-37-38-39-40-42-44-46-48-50-52-54-56-58-60-66(74)71-63(62-80-70-68(76)69(82-83(77,78)79)67(75)65(61-72)81-70)64(73)59-57-55-53-51-49-47-45-43-41-22-20-18-16-14-12-10-8-6-4-2/h63-65,67-70,72-73,75-76H,3-62H2,1-2H3,(H,71,74)(H,77,78,79). The number of aliphatic hydroxyl groups excluding tert-OH is 4. The lowest BCUT2D eigenvalue weighted by atomic mass is 9.99. The number of carbonyl (C=O) groups excluding carboxylic acids is 1. The zero-order valence-corrected chi connectivity index (χ0v) is 55.4. The van der Waals surface area contributed by atoms with E-state index < -0.39 is 59.9 Å². The average Bonchev–Trinajstić information content (AvgIpc) is 3.42. The highest BCUT2D eigenvalue weighted by molar-refractivity contribution is 7.80. The molecule has 1 amide bonds. The summed E-state index contributed by atoms with van der Waals surface area (Å²) in [6.07, 6.45) is 65.9. The smallest absolute Gasteiger partial charge is 0.394 e. The number of aliphatic hydroxyl groups is 4. The predicted molar refractivity (Wildman–Crippen MR) is 347 cm³/mol. The van der Waals surface area contributed by atoms with Crippen LogP contribution in [0.5, 0.6) is 0 Å². The molecule has 13 heteroatoms. The molecule has 1 fully saturated rings. The Bertz CT molecular complexity index is 1460. The van der Waals surface area contributed by atoms with Crippen molar-refractivity contribution >= 4 is 16.3 Å². The summed E-state index contributed by atoms with van der Waals surface area (Å²) in [5.41, 5.74) is 0. The van der Waals surface area contributed by atoms with Gasteiger partial charge in [-0.2, -0.15) is 8.42 Å². The zero-order chi connectivity index (χ0) is 60.4. The second kappa shape index (κ2) is 60.0. The SMILES string of the molecule is CCCCCCCCCCCCCCCCCCCCCCCCCCCCCCCCCCCCCCCC(=O)NC(COC1OC(CO)C(O)C(OS(=O)(=O)O)C1O)C(O)CCCCCCCCCCCCCCCCCCCCC. The third-order valence-electron chi connectivity index (χ3n) is 17.9. The summed E-state index contributed by atoms with van der Waals surface area (Å²) in [5, 5.41) is 45.3. The molecular formula is C70H139NO11S. The van der Waals surface area contributed by atoms with Crippen LogP contribution in [-0.2, 0) is 28.9 Å². The van der Waals surface area contributed by atoms with E-state index in [2.05, 4.69) is 23.3 Å². The van der Waals surface area contributed by atoms with Crippen molar-refractivity contribution in [2.45, 2.75) is 429 Å². The minimum Gasteiger partial charge on any atom is -0.394 e. The zero-order valence-electron chi connectivity index (χ0n) is 54.6. The molecule has 496 valence electrons. The molecule has 0 aliphatic carbocycles. The molecule has 12 nitrogen and oxygen atoms in total. The van der Waals surface area contributed by atoms with Gasteiger partial charge in [-0.25, -0.2) is 4.18 Å². The number of hydrogen-bond acceptors (Lipinski definition) is 10. The van der Waals surface area contributed by atoms with Crippen LogP contribution in [0.4, 0.5) is 0 Å². The maximum atomic E-state index is 13.2. The van der Waals surface area contributed by atoms with Gasteiger partial charge < -0.3 is 35.2 Å². The summed E-state index contributed by atoms with van der Waals surface area (Å²) in [4.78, 5) is 13.2. The summed E-state index contributed by atoms with van der Waals surface area (Å²) >= 11 is 0. The van der Waals surface area contributed by atoms with Gasteiger partial charge in [0.1, 0.15) is 24.4 Å². The van der Waals surface area contributed by atoms with Crippen LogP contribution in [0.3, 0.4) is 0 Å². The first kappa shape index (κ1) is 80.1. The van der Waals surface area contributed by atoms with E-state index >= 15 is 0 Å². The molecule has 6 N–H and O–H groups in total. The Kier molecular flexibility index (Phi) is 57.9. The van der Waals surface area contributed by atoms with Crippen molar-refractivity contribution in [2.75, 3.05) is 13.2 Å². The fourth-order valence-corrected chi connectivity index (χ4v) is 12.9. The molecule has 1 aliphatic rings. The molecule has 0 saturated carbocycles. The van der Waals surface area contributed by atoms with Crippen molar-refractivity contribution in [3.63, 3.8) is 0 Å². The van der Waals surface area contributed by atoms with Crippen LogP contribution < -0.4 is 5.32 Å². The van der Waals surface area contributed by atoms with Crippen LogP contribution >= 0.6 is 0 Å². The van der Waals surface area contributed by atoms with Gasteiger partial charge in [0.2, 0.25) is 5.91 Å². The molecule has 1 heterocycles. The van der Waals surface area contributed by atoms with E-state index in [0.717, 1.165) is 51.4 Å². The van der Waals surface area contributed by atoms with E-state index in [1.807, 2.05) is 0 Å². The lowest BCUT2D eigenvalue weighted by molar-refractivity contribution is -0.298. The molecule has 0 aromatic rings. The van der Waals surface area contributed by atoms with Gasteiger partial charge in [-0.15, -0.1) is 0 Å². The maximum Gasteiger partial charge on any atom is 0.397 e. The Morgan fingerprint density at radius 2 is 0.699 bits per heavy atom. The summed E-state index contributed by atoms with van der Waals surface area (Å²) in [5.74, 6) is -0.219. The first-order valence-electron chi connectivity index (χ1n) is 36.4. The Balaban J connectivity index is 2.14. The normalized spacial score (nSPS) is 18.3. The fourth-order valence-electron chi connectivity index (χ4n) is 12.4. The molecule has 1 saturated heterocycles. The highest BCUT2D eigenvalue weighted by atomic mass is 32.3. The van der Waals surface area contributed by atoms with Crippen molar-refractivity contribution in [3.05, 3.63) is 0 Å². The Morgan fingerprint density at radius 1 is 0.434 bits per heavy atom. The molecule has 0 aromatic heterocycles. The second-order valence-corrected chi connectivity index (χ2v) is 26.9. The van der Waals surface area contributed by atoms with E-state index in [9.17, 15) is 38.2 Å². The van der Waals surface area contributed by atoms with Crippen molar-refractivity contribution in [1.29, 1.82) is 0 Å². The summed E-state index contributed by atoms with van der Waals surface area (Å²) in [7, 11) is -5.08. The molecular weight excluding hydrogens is 1060 g/mol. The third-order valence-corrected chi connectivity index (χ3v) is 18.4. The Morgan fingerprint density at radius 3 is 0.964 bits per heavy atom. The molecule has 0 spiro atoms. The number of nitrogens with one attached hydrogen (secondary N) is 1. The molecule has 0 aromatic carbocycles. The highest BCUT2D eigenvalue weighted by Crippen LogP contribution is 2.27. The summed E-state index contributed by atoms with van der Waals surface area (Å²) in [6.45, 7) is 3.53. The van der Waals surface area contributed by atoms with Gasteiger partial charge in [0.25, 0.3) is 0 Å². The molecule has 0 radical (unpaired) electrons. The number of hydrogen-bond donors (Lipinski definition) is 6. The average molecular weight is 1200 g/mol. The monoisotopic (exact) mass is 1200 g/mol. The van der Waals surface area contributed by atoms with Crippen LogP contribution in [0, 0.1) is 0 Å². The van der Waals surface area contributed by atoms with E-state index in [1.165, 1.54) is 308 Å². The molecule has 0 bridgehead atoms. The van der Waals surface area contributed by atoms with Gasteiger partial charge in [0.05, 0.1) is 25.4 Å². The first-order chi connectivity index (χ1) is 40.5. The van der Waals surface area contributed by atoms with E-state index in [1.54, 1.807) is 0 Å². The highest BCUT2D eigenvalue weighted by Gasteiger charge is 2.48. The molecule has 83 heavy (non-hydrogen) atoms. The molecule has 7 unspecified atom stereocenters.